The van der Waals surface area contributed by atoms with E-state index in [0.29, 0.717) is 16.9 Å². The summed E-state index contributed by atoms with van der Waals surface area (Å²) in [7, 11) is -0.435. The highest BCUT2D eigenvalue weighted by atomic mass is 32.2. The summed E-state index contributed by atoms with van der Waals surface area (Å²) in [6, 6.07) is 5.65. The molecule has 0 saturated heterocycles. The number of hydrogen-bond acceptors (Lipinski definition) is 6. The second-order valence-electron chi connectivity index (χ2n) is 6.77. The van der Waals surface area contributed by atoms with Crippen LogP contribution in [0.4, 0.5) is 10.2 Å². The molecule has 3 heterocycles. The zero-order chi connectivity index (χ0) is 20.1. The number of aromatic nitrogens is 3. The van der Waals surface area contributed by atoms with Crippen LogP contribution in [-0.4, -0.2) is 60.2 Å². The lowest BCUT2D eigenvalue weighted by Gasteiger charge is -2.22. The highest BCUT2D eigenvalue weighted by Crippen LogP contribution is 2.23. The van der Waals surface area contributed by atoms with E-state index in [1.165, 1.54) is 40.9 Å². The number of hydrogen-bond donors (Lipinski definition) is 0. The van der Waals surface area contributed by atoms with Crippen molar-refractivity contribution in [3.63, 3.8) is 0 Å². The molecule has 0 aliphatic carbocycles. The normalized spacial score (nSPS) is 17.2. The topological polar surface area (TPSA) is 87.9 Å². The fourth-order valence-corrected chi connectivity index (χ4v) is 4.54. The second-order valence-corrected chi connectivity index (χ2v) is 8.84. The second kappa shape index (κ2) is 6.55. The van der Waals surface area contributed by atoms with Crippen LogP contribution in [0.1, 0.15) is 15.9 Å². The van der Waals surface area contributed by atoms with Gasteiger partial charge in [0.25, 0.3) is 5.91 Å². The summed E-state index contributed by atoms with van der Waals surface area (Å²) in [4.78, 5) is 20.4. The van der Waals surface area contributed by atoms with Gasteiger partial charge in [-0.25, -0.2) is 22.3 Å². The first kappa shape index (κ1) is 18.4. The van der Waals surface area contributed by atoms with Crippen molar-refractivity contribution in [2.24, 2.45) is 0 Å². The Morgan fingerprint density at radius 3 is 2.71 bits per heavy atom. The summed E-state index contributed by atoms with van der Waals surface area (Å²) in [6.07, 6.45) is 2.89. The number of sulfone groups is 1. The van der Waals surface area contributed by atoms with Gasteiger partial charge in [0.2, 0.25) is 0 Å². The monoisotopic (exact) mass is 403 g/mol. The van der Waals surface area contributed by atoms with E-state index in [0.717, 1.165) is 0 Å². The molecule has 0 atom stereocenters. The third-order valence-electron chi connectivity index (χ3n) is 4.80. The fraction of sp³-hybridized carbons (Fsp3) is 0.278. The van der Waals surface area contributed by atoms with E-state index < -0.39 is 15.7 Å². The maximum absolute atomic E-state index is 13.8. The molecule has 2 aromatic heterocycles. The van der Waals surface area contributed by atoms with Gasteiger partial charge in [0.15, 0.2) is 15.5 Å². The molecular weight excluding hydrogens is 385 g/mol. The fourth-order valence-electron chi connectivity index (χ4n) is 3.18. The summed E-state index contributed by atoms with van der Waals surface area (Å²) < 4.78 is 40.9. The zero-order valence-electron chi connectivity index (χ0n) is 15.3. The van der Waals surface area contributed by atoms with Gasteiger partial charge in [0.1, 0.15) is 16.5 Å². The van der Waals surface area contributed by atoms with E-state index in [2.05, 4.69) is 10.1 Å². The first-order valence-electron chi connectivity index (χ1n) is 8.58. The highest BCUT2D eigenvalue weighted by Gasteiger charge is 2.25. The van der Waals surface area contributed by atoms with Gasteiger partial charge in [0, 0.05) is 38.9 Å². The van der Waals surface area contributed by atoms with Gasteiger partial charge in [-0.2, -0.15) is 5.10 Å². The molecule has 0 radical (unpaired) electrons. The SMILES string of the molecule is CN1CCS(=O)(=O)c2cnn3ccc(nc23)N(C)Cc2cc(F)ccc2C1=O. The Morgan fingerprint density at radius 1 is 1.14 bits per heavy atom. The molecule has 8 nitrogen and oxygen atoms in total. The number of benzene rings is 1. The van der Waals surface area contributed by atoms with E-state index in [1.54, 1.807) is 24.2 Å². The molecule has 1 amide bonds. The number of rotatable bonds is 0. The third-order valence-corrected chi connectivity index (χ3v) is 6.47. The van der Waals surface area contributed by atoms with Gasteiger partial charge in [0.05, 0.1) is 11.9 Å². The molecular formula is C18H18FN5O3S. The van der Waals surface area contributed by atoms with E-state index in [4.69, 9.17) is 0 Å². The Kier molecular flexibility index (Phi) is 4.30. The van der Waals surface area contributed by atoms with Gasteiger partial charge in [-0.1, -0.05) is 0 Å². The Morgan fingerprint density at radius 2 is 1.93 bits per heavy atom. The maximum Gasteiger partial charge on any atom is 0.253 e. The summed E-state index contributed by atoms with van der Waals surface area (Å²) in [5.41, 5.74) is 1.05. The Bertz CT molecular complexity index is 1190. The van der Waals surface area contributed by atoms with Crippen molar-refractivity contribution >= 4 is 27.2 Å². The van der Waals surface area contributed by atoms with Crippen LogP contribution in [0.15, 0.2) is 41.6 Å². The van der Waals surface area contributed by atoms with Crippen LogP contribution in [0.3, 0.4) is 0 Å². The number of anilines is 1. The number of amides is 1. The van der Waals surface area contributed by atoms with Crippen molar-refractivity contribution in [3.05, 3.63) is 53.6 Å². The average molecular weight is 403 g/mol. The number of carbonyl (C=O) groups excluding carboxylic acids is 1. The van der Waals surface area contributed by atoms with Gasteiger partial charge in [-0.3, -0.25) is 4.79 Å². The lowest BCUT2D eigenvalue weighted by atomic mass is 10.1. The van der Waals surface area contributed by atoms with E-state index in [9.17, 15) is 17.6 Å². The summed E-state index contributed by atoms with van der Waals surface area (Å²) >= 11 is 0. The number of nitrogens with zero attached hydrogens (tertiary/aromatic N) is 5. The molecule has 28 heavy (non-hydrogen) atoms. The van der Waals surface area contributed by atoms with Crippen LogP contribution in [0.5, 0.6) is 0 Å². The third kappa shape index (κ3) is 3.09. The van der Waals surface area contributed by atoms with Gasteiger partial charge in [-0.15, -0.1) is 0 Å². The van der Waals surface area contributed by atoms with E-state index in [-0.39, 0.29) is 35.3 Å². The lowest BCUT2D eigenvalue weighted by molar-refractivity contribution is 0.0802. The number of halogens is 1. The molecule has 1 aliphatic rings. The number of carbonyl (C=O) groups is 1. The molecule has 1 aromatic carbocycles. The van der Waals surface area contributed by atoms with E-state index in [1.807, 2.05) is 0 Å². The minimum atomic E-state index is -3.70. The maximum atomic E-state index is 13.8. The molecule has 10 heteroatoms. The first-order valence-corrected chi connectivity index (χ1v) is 10.2. The zero-order valence-corrected chi connectivity index (χ0v) is 16.1. The summed E-state index contributed by atoms with van der Waals surface area (Å²) in [5, 5.41) is 4.06. The molecule has 0 saturated carbocycles. The summed E-state index contributed by atoms with van der Waals surface area (Å²) in [5.74, 6) is -0.595. The van der Waals surface area contributed by atoms with Crippen LogP contribution in [0.2, 0.25) is 0 Å². The lowest BCUT2D eigenvalue weighted by Crippen LogP contribution is -2.32. The largest absolute Gasteiger partial charge is 0.355 e. The molecule has 1 aliphatic heterocycles. The van der Waals surface area contributed by atoms with Crippen molar-refractivity contribution < 1.29 is 17.6 Å². The molecule has 3 aromatic rings. The highest BCUT2D eigenvalue weighted by molar-refractivity contribution is 7.91. The standard InChI is InChI=1S/C18H18FN5O3S/c1-22-7-8-28(26,27)15-10-20-24-6-5-16(21-17(15)24)23(2)11-12-9-13(19)3-4-14(12)18(22)25/h3-6,9-10H,7-8,11H2,1-2H3. The van der Waals surface area contributed by atoms with Gasteiger partial charge >= 0.3 is 0 Å². The molecule has 2 bridgehead atoms. The Hall–Kier alpha value is -3.01. The first-order chi connectivity index (χ1) is 13.3. The molecule has 0 fully saturated rings. The quantitative estimate of drug-likeness (QED) is 0.563. The van der Waals surface area contributed by atoms with Crippen molar-refractivity contribution in [2.75, 3.05) is 31.3 Å². The van der Waals surface area contributed by atoms with Crippen molar-refractivity contribution in [3.8, 4) is 0 Å². The Balaban J connectivity index is 1.91. The van der Waals surface area contributed by atoms with Crippen molar-refractivity contribution in [2.45, 2.75) is 11.4 Å². The predicted octanol–water partition coefficient (Wildman–Crippen LogP) is 1.36. The van der Waals surface area contributed by atoms with E-state index >= 15 is 0 Å². The molecule has 146 valence electrons. The minimum absolute atomic E-state index is 0.00907. The molecule has 0 unspecified atom stereocenters. The molecule has 0 spiro atoms. The average Bonchev–Trinajstić information content (AvgIpc) is 3.09. The number of fused-ring (bicyclic) bond motifs is 2. The summed E-state index contributed by atoms with van der Waals surface area (Å²) in [6.45, 7) is 0.219. The van der Waals surface area contributed by atoms with Gasteiger partial charge in [-0.05, 0) is 29.8 Å². The minimum Gasteiger partial charge on any atom is -0.355 e. The smallest absolute Gasteiger partial charge is 0.253 e. The van der Waals surface area contributed by atoms with Crippen LogP contribution in [0.25, 0.3) is 5.65 Å². The van der Waals surface area contributed by atoms with Crippen molar-refractivity contribution in [1.29, 1.82) is 0 Å². The van der Waals surface area contributed by atoms with Crippen molar-refractivity contribution in [1.82, 2.24) is 19.5 Å². The van der Waals surface area contributed by atoms with Gasteiger partial charge < -0.3 is 9.80 Å². The van der Waals surface area contributed by atoms with Crippen LogP contribution < -0.4 is 4.90 Å². The van der Waals surface area contributed by atoms with Crippen LogP contribution >= 0.6 is 0 Å². The van der Waals surface area contributed by atoms with Crippen LogP contribution in [-0.2, 0) is 16.4 Å². The molecule has 4 rings (SSSR count). The predicted molar refractivity (Wildman–Crippen MR) is 101 cm³/mol. The Labute approximate surface area is 161 Å². The molecule has 0 N–H and O–H groups in total. The van der Waals surface area contributed by atoms with Crippen LogP contribution in [0, 0.1) is 5.82 Å².